The topological polar surface area (TPSA) is 36.0 Å². The summed E-state index contributed by atoms with van der Waals surface area (Å²) in [6.07, 6.45) is 3.62. The van der Waals surface area contributed by atoms with Crippen LogP contribution in [0.4, 0.5) is 0 Å². The summed E-state index contributed by atoms with van der Waals surface area (Å²) in [7, 11) is 0. The first-order chi connectivity index (χ1) is 4.88. The molecule has 0 aromatic carbocycles. The van der Waals surface area contributed by atoms with E-state index in [-0.39, 0.29) is 0 Å². The Morgan fingerprint density at radius 3 is 2.90 bits per heavy atom. The molecule has 2 rings (SSSR count). The minimum atomic E-state index is 0.340. The second kappa shape index (κ2) is 1.77. The number of pyridine rings is 1. The first-order valence-corrected chi connectivity index (χ1v) is 3.12. The molecule has 0 amide bonds. The molecule has 0 fully saturated rings. The molecule has 0 bridgehead atoms. The van der Waals surface area contributed by atoms with Crippen LogP contribution in [0.5, 0.6) is 5.75 Å². The van der Waals surface area contributed by atoms with Crippen LogP contribution in [0, 0.1) is 0 Å². The van der Waals surface area contributed by atoms with E-state index in [0.717, 1.165) is 11.1 Å². The van der Waals surface area contributed by atoms with E-state index in [2.05, 4.69) is 4.98 Å². The first kappa shape index (κ1) is 5.35. The van der Waals surface area contributed by atoms with Gasteiger partial charge in [0.25, 0.3) is 0 Å². The van der Waals surface area contributed by atoms with Crippen LogP contribution >= 0.6 is 0 Å². The summed E-state index contributed by atoms with van der Waals surface area (Å²) in [4.78, 5) is 2.90. The molecule has 2 aliphatic rings. The third-order valence-electron chi connectivity index (χ3n) is 1.59. The maximum Gasteiger partial charge on any atom is 0.124 e. The number of hydrogen-bond donors (Lipinski definition) is 2. The van der Waals surface area contributed by atoms with Gasteiger partial charge in [-0.2, -0.15) is 0 Å². The van der Waals surface area contributed by atoms with Gasteiger partial charge in [-0.05, 0) is 17.7 Å². The summed E-state index contributed by atoms with van der Waals surface area (Å²) in [5.41, 5.74) is 1.94. The number of nitrogens with one attached hydrogen (secondary N) is 1. The number of aromatic amines is 1. The Morgan fingerprint density at radius 1 is 1.20 bits per heavy atom. The Hall–Kier alpha value is -1.44. The van der Waals surface area contributed by atoms with Crippen LogP contribution in [0.3, 0.4) is 0 Å². The summed E-state index contributed by atoms with van der Waals surface area (Å²) >= 11 is 0. The highest BCUT2D eigenvalue weighted by Crippen LogP contribution is 2.31. The molecule has 0 atom stereocenters. The molecule has 0 unspecified atom stereocenters. The number of fused-ring (bicyclic) bond motifs is 1. The van der Waals surface area contributed by atoms with Crippen LogP contribution in [0.15, 0.2) is 30.6 Å². The van der Waals surface area contributed by atoms with E-state index in [9.17, 15) is 5.11 Å². The van der Waals surface area contributed by atoms with Gasteiger partial charge in [-0.3, -0.25) is 0 Å². The van der Waals surface area contributed by atoms with Crippen LogP contribution in [-0.2, 0) is 0 Å². The quantitative estimate of drug-likeness (QED) is 0.565. The van der Waals surface area contributed by atoms with Crippen molar-refractivity contribution >= 4 is 0 Å². The van der Waals surface area contributed by atoms with Gasteiger partial charge in [0, 0.05) is 18.0 Å². The maximum atomic E-state index is 9.19. The van der Waals surface area contributed by atoms with Gasteiger partial charge in [0.05, 0.1) is 0 Å². The molecule has 2 heteroatoms. The zero-order chi connectivity index (χ0) is 6.97. The Morgan fingerprint density at radius 2 is 2.10 bits per heavy atom. The van der Waals surface area contributed by atoms with Crippen molar-refractivity contribution in [2.45, 2.75) is 0 Å². The van der Waals surface area contributed by atoms with Crippen molar-refractivity contribution in [2.75, 3.05) is 0 Å². The second-order valence-corrected chi connectivity index (χ2v) is 2.23. The Balaban J connectivity index is 2.78. The predicted octanol–water partition coefficient (Wildman–Crippen LogP) is 1.83. The van der Waals surface area contributed by atoms with Gasteiger partial charge in [0.1, 0.15) is 5.75 Å². The van der Waals surface area contributed by atoms with Gasteiger partial charge < -0.3 is 10.1 Å². The van der Waals surface area contributed by atoms with Crippen LogP contribution in [0.25, 0.3) is 11.1 Å². The molecule has 2 nitrogen and oxygen atoms in total. The number of H-pyrrole nitrogens is 1. The number of aromatic nitrogens is 1. The fourth-order valence-electron chi connectivity index (χ4n) is 1.07. The smallest absolute Gasteiger partial charge is 0.124 e. The van der Waals surface area contributed by atoms with Crippen molar-refractivity contribution in [1.82, 2.24) is 4.98 Å². The minimum absolute atomic E-state index is 0.340. The molecule has 0 radical (unpaired) electrons. The lowest BCUT2D eigenvalue weighted by Crippen LogP contribution is -1.74. The Kier molecular flexibility index (Phi) is 0.947. The molecule has 1 aliphatic heterocycles. The van der Waals surface area contributed by atoms with E-state index in [0.29, 0.717) is 5.75 Å². The average Bonchev–Trinajstić information content (AvgIpc) is 2.34. The van der Waals surface area contributed by atoms with Crippen molar-refractivity contribution in [3.63, 3.8) is 0 Å². The normalized spacial score (nSPS) is 10.4. The van der Waals surface area contributed by atoms with Gasteiger partial charge in [-0.15, -0.1) is 0 Å². The number of aromatic hydroxyl groups is 1. The molecule has 2 N–H and O–H groups in total. The highest BCUT2D eigenvalue weighted by molar-refractivity contribution is 5.72. The van der Waals surface area contributed by atoms with Crippen LogP contribution in [-0.4, -0.2) is 10.1 Å². The summed E-state index contributed by atoms with van der Waals surface area (Å²) in [6.45, 7) is 0. The van der Waals surface area contributed by atoms with Crippen LogP contribution in [0.2, 0.25) is 0 Å². The maximum absolute atomic E-state index is 9.19. The highest BCUT2D eigenvalue weighted by Gasteiger charge is 2.05. The molecular weight excluding hydrogens is 126 g/mol. The molecule has 0 spiro atoms. The fourth-order valence-corrected chi connectivity index (χ4v) is 1.07. The molecule has 10 heavy (non-hydrogen) atoms. The molecule has 0 aromatic rings. The lowest BCUT2D eigenvalue weighted by Gasteiger charge is -1.95. The van der Waals surface area contributed by atoms with E-state index in [4.69, 9.17) is 0 Å². The second-order valence-electron chi connectivity index (χ2n) is 2.23. The third kappa shape index (κ3) is 0.589. The van der Waals surface area contributed by atoms with Gasteiger partial charge in [0.15, 0.2) is 0 Å². The SMILES string of the molecule is Oc1ccc2cc[nH]cc1-2. The van der Waals surface area contributed by atoms with E-state index >= 15 is 0 Å². The Labute approximate surface area is 58.5 Å². The van der Waals surface area contributed by atoms with Crippen molar-refractivity contribution in [2.24, 2.45) is 0 Å². The molecule has 50 valence electrons. The van der Waals surface area contributed by atoms with E-state index in [1.54, 1.807) is 12.3 Å². The van der Waals surface area contributed by atoms with E-state index in [1.165, 1.54) is 0 Å². The van der Waals surface area contributed by atoms with Gasteiger partial charge in [0.2, 0.25) is 0 Å². The molecule has 0 saturated heterocycles. The summed E-state index contributed by atoms with van der Waals surface area (Å²) in [5, 5.41) is 9.19. The summed E-state index contributed by atoms with van der Waals surface area (Å²) in [5.74, 6) is 0.340. The van der Waals surface area contributed by atoms with Crippen molar-refractivity contribution < 1.29 is 5.11 Å². The van der Waals surface area contributed by atoms with Gasteiger partial charge in [-0.25, -0.2) is 0 Å². The summed E-state index contributed by atoms with van der Waals surface area (Å²) < 4.78 is 0. The van der Waals surface area contributed by atoms with E-state index in [1.807, 2.05) is 18.3 Å². The number of rotatable bonds is 0. The third-order valence-corrected chi connectivity index (χ3v) is 1.59. The van der Waals surface area contributed by atoms with Crippen molar-refractivity contribution in [3.05, 3.63) is 30.6 Å². The monoisotopic (exact) mass is 133 g/mol. The van der Waals surface area contributed by atoms with Crippen LogP contribution < -0.4 is 0 Å². The van der Waals surface area contributed by atoms with Crippen molar-refractivity contribution in [1.29, 1.82) is 0 Å². The summed E-state index contributed by atoms with van der Waals surface area (Å²) in [6, 6.07) is 5.51. The fraction of sp³-hybridized carbons (Fsp3) is 0. The molecular formula is C8H7NO. The number of hydrogen-bond acceptors (Lipinski definition) is 1. The van der Waals surface area contributed by atoms with Crippen LogP contribution in [0.1, 0.15) is 0 Å². The predicted molar refractivity (Wildman–Crippen MR) is 39.1 cm³/mol. The standard InChI is InChI=1S/C8H7NO/c10-8-2-1-6-3-4-9-5-7(6)8/h1-5,9-10H. The highest BCUT2D eigenvalue weighted by atomic mass is 16.3. The minimum Gasteiger partial charge on any atom is -0.507 e. The molecule has 0 saturated carbocycles. The average molecular weight is 133 g/mol. The lowest BCUT2D eigenvalue weighted by atomic mass is 10.2. The Bertz CT molecular complexity index is 313. The van der Waals surface area contributed by atoms with Gasteiger partial charge in [-0.1, -0.05) is 6.07 Å². The van der Waals surface area contributed by atoms with E-state index < -0.39 is 0 Å². The lowest BCUT2D eigenvalue weighted by molar-refractivity contribution is 0.479. The molecule has 1 aliphatic carbocycles. The largest absolute Gasteiger partial charge is 0.507 e. The van der Waals surface area contributed by atoms with Gasteiger partial charge >= 0.3 is 0 Å². The zero-order valence-electron chi connectivity index (χ0n) is 5.33. The first-order valence-electron chi connectivity index (χ1n) is 3.12. The van der Waals surface area contributed by atoms with Crippen molar-refractivity contribution in [3.8, 4) is 16.9 Å². The molecule has 1 heterocycles. The zero-order valence-corrected chi connectivity index (χ0v) is 5.33. The molecule has 0 aromatic heterocycles.